The summed E-state index contributed by atoms with van der Waals surface area (Å²) in [7, 11) is 1.75. The fourth-order valence-electron chi connectivity index (χ4n) is 5.91. The van der Waals surface area contributed by atoms with E-state index in [4.69, 9.17) is 9.47 Å². The maximum Gasteiger partial charge on any atom is 0.253 e. The quantitative estimate of drug-likeness (QED) is 0.211. The van der Waals surface area contributed by atoms with Gasteiger partial charge in [-0.3, -0.25) is 34.3 Å². The number of hydrogen-bond donors (Lipinski definition) is 0. The second-order valence-electron chi connectivity index (χ2n) is 11.9. The topological polar surface area (TPSA) is 126 Å². The number of aryl methyl sites for hydroxylation is 4. The second kappa shape index (κ2) is 14.8. The van der Waals surface area contributed by atoms with Crippen LogP contribution in [0.3, 0.4) is 0 Å². The predicted molar refractivity (Wildman–Crippen MR) is 183 cm³/mol. The smallest absolute Gasteiger partial charge is 0.253 e. The zero-order chi connectivity index (χ0) is 33.6. The molecule has 3 aromatic heterocycles. The molecule has 2 aliphatic carbocycles. The van der Waals surface area contributed by atoms with Crippen molar-refractivity contribution >= 4 is 27.5 Å². The highest BCUT2D eigenvalue weighted by molar-refractivity contribution is 9.10. The fraction of sp³-hybridized carbons (Fsp3) is 0.270. The van der Waals surface area contributed by atoms with Crippen molar-refractivity contribution in [1.82, 2.24) is 24.5 Å². The van der Waals surface area contributed by atoms with E-state index in [9.17, 15) is 14.4 Å². The number of Topliss-reactive ketones (excluding diaryl/α,β-unsaturated/α-hetero) is 2. The molecule has 5 aromatic rings. The SMILES string of the molecule is Cc1cc(-c2cc3c(c(OCc4cnccn4)c2)CC(=O)CC3)cn(C)c1=O.O=C1CCc2cc(Br)cc(OCc3cnccn3)c2C1. The number of nitrogens with zero attached hydrogens (tertiary/aromatic N) is 5. The van der Waals surface area contributed by atoms with Gasteiger partial charge in [0.1, 0.15) is 36.3 Å². The van der Waals surface area contributed by atoms with Crippen molar-refractivity contribution in [3.05, 3.63) is 128 Å². The number of ketones is 2. The van der Waals surface area contributed by atoms with E-state index >= 15 is 0 Å². The Kier molecular flexibility index (Phi) is 10.1. The first-order valence-electron chi connectivity index (χ1n) is 15.7. The lowest BCUT2D eigenvalue weighted by atomic mass is 9.87. The lowest BCUT2D eigenvalue weighted by Crippen LogP contribution is -2.18. The number of pyridine rings is 1. The Morgan fingerprint density at radius 3 is 1.81 bits per heavy atom. The summed E-state index contributed by atoms with van der Waals surface area (Å²) in [6.45, 7) is 2.45. The number of carbonyl (C=O) groups is 2. The van der Waals surface area contributed by atoms with Gasteiger partial charge in [0.2, 0.25) is 0 Å². The molecule has 3 heterocycles. The van der Waals surface area contributed by atoms with Crippen molar-refractivity contribution in [1.29, 1.82) is 0 Å². The maximum absolute atomic E-state index is 12.0. The Morgan fingerprint density at radius 1 is 0.708 bits per heavy atom. The molecule has 0 atom stereocenters. The molecule has 0 aliphatic heterocycles. The molecule has 0 saturated heterocycles. The normalized spacial score (nSPS) is 13.6. The summed E-state index contributed by atoms with van der Waals surface area (Å²) in [5, 5.41) is 0. The van der Waals surface area contributed by atoms with E-state index in [1.165, 1.54) is 5.56 Å². The Bertz CT molecular complexity index is 2010. The monoisotopic (exact) mass is 707 g/mol. The van der Waals surface area contributed by atoms with E-state index in [-0.39, 0.29) is 23.7 Å². The molecular formula is C37H34BrN5O5. The summed E-state index contributed by atoms with van der Waals surface area (Å²) in [4.78, 5) is 52.2. The summed E-state index contributed by atoms with van der Waals surface area (Å²) < 4.78 is 14.5. The summed E-state index contributed by atoms with van der Waals surface area (Å²) in [5.41, 5.74) is 8.36. The van der Waals surface area contributed by atoms with E-state index < -0.39 is 0 Å². The summed E-state index contributed by atoms with van der Waals surface area (Å²) in [6.07, 6.45) is 15.2. The predicted octanol–water partition coefficient (Wildman–Crippen LogP) is 5.66. The zero-order valence-corrected chi connectivity index (χ0v) is 28.3. The molecule has 48 heavy (non-hydrogen) atoms. The number of fused-ring (bicyclic) bond motifs is 2. The Hall–Kier alpha value is -5.03. The Morgan fingerprint density at radius 2 is 1.27 bits per heavy atom. The highest BCUT2D eigenvalue weighted by Gasteiger charge is 2.22. The number of benzene rings is 2. The van der Waals surface area contributed by atoms with Gasteiger partial charge in [0.05, 0.1) is 23.8 Å². The molecule has 2 aliphatic rings. The van der Waals surface area contributed by atoms with Crippen molar-refractivity contribution in [2.75, 3.05) is 0 Å². The number of rotatable bonds is 7. The van der Waals surface area contributed by atoms with Crippen LogP contribution >= 0.6 is 15.9 Å². The lowest BCUT2D eigenvalue weighted by Gasteiger charge is -2.21. The Balaban J connectivity index is 0.000000177. The van der Waals surface area contributed by atoms with Crippen molar-refractivity contribution < 1.29 is 19.1 Å². The fourth-order valence-corrected chi connectivity index (χ4v) is 6.39. The largest absolute Gasteiger partial charge is 0.487 e. The minimum absolute atomic E-state index is 0.00793. The molecule has 7 rings (SSSR count). The van der Waals surface area contributed by atoms with Crippen LogP contribution in [-0.2, 0) is 55.5 Å². The molecule has 2 aromatic carbocycles. The number of halogens is 1. The molecule has 0 N–H and O–H groups in total. The van der Waals surface area contributed by atoms with Gasteiger partial charge in [0.15, 0.2) is 0 Å². The van der Waals surface area contributed by atoms with Gasteiger partial charge in [-0.25, -0.2) is 0 Å². The minimum Gasteiger partial charge on any atom is -0.487 e. The number of hydrogen-bond acceptors (Lipinski definition) is 9. The minimum atomic E-state index is -0.00793. The molecule has 244 valence electrons. The van der Waals surface area contributed by atoms with Gasteiger partial charge in [-0.15, -0.1) is 0 Å². The third-order valence-electron chi connectivity index (χ3n) is 8.34. The van der Waals surface area contributed by atoms with Gasteiger partial charge in [0.25, 0.3) is 5.56 Å². The van der Waals surface area contributed by atoms with Gasteiger partial charge in [-0.2, -0.15) is 0 Å². The van der Waals surface area contributed by atoms with Crippen LogP contribution in [0.1, 0.15) is 52.0 Å². The van der Waals surface area contributed by atoms with Crippen LogP contribution in [0.25, 0.3) is 11.1 Å². The van der Waals surface area contributed by atoms with Gasteiger partial charge < -0.3 is 14.0 Å². The zero-order valence-electron chi connectivity index (χ0n) is 26.7. The van der Waals surface area contributed by atoms with Crippen LogP contribution in [0.15, 0.2) is 83.0 Å². The number of aromatic nitrogens is 5. The van der Waals surface area contributed by atoms with E-state index in [0.29, 0.717) is 50.0 Å². The Labute approximate surface area is 286 Å². The molecular weight excluding hydrogens is 674 g/mol. The first-order valence-corrected chi connectivity index (χ1v) is 16.5. The molecule has 11 heteroatoms. The van der Waals surface area contributed by atoms with E-state index in [0.717, 1.165) is 55.8 Å². The van der Waals surface area contributed by atoms with Crippen LogP contribution in [0.2, 0.25) is 0 Å². The first kappa shape index (κ1) is 32.9. The lowest BCUT2D eigenvalue weighted by molar-refractivity contribution is -0.119. The van der Waals surface area contributed by atoms with Crippen molar-refractivity contribution in [2.45, 2.75) is 58.7 Å². The molecule has 0 fully saturated rings. The number of carbonyl (C=O) groups excluding carboxylic acids is 2. The van der Waals surface area contributed by atoms with Crippen molar-refractivity contribution in [3.63, 3.8) is 0 Å². The molecule has 0 bridgehead atoms. The first-order chi connectivity index (χ1) is 23.2. The van der Waals surface area contributed by atoms with Crippen molar-refractivity contribution in [2.24, 2.45) is 7.05 Å². The van der Waals surface area contributed by atoms with Crippen molar-refractivity contribution in [3.8, 4) is 22.6 Å². The molecule has 0 unspecified atom stereocenters. The highest BCUT2D eigenvalue weighted by Crippen LogP contribution is 2.35. The van der Waals surface area contributed by atoms with Crippen LogP contribution in [0.5, 0.6) is 11.5 Å². The third-order valence-corrected chi connectivity index (χ3v) is 8.80. The molecule has 0 spiro atoms. The second-order valence-corrected chi connectivity index (χ2v) is 12.8. The molecule has 0 amide bonds. The van der Waals surface area contributed by atoms with Crippen LogP contribution in [0.4, 0.5) is 0 Å². The van der Waals surface area contributed by atoms with Gasteiger partial charge in [-0.1, -0.05) is 22.0 Å². The van der Waals surface area contributed by atoms with Gasteiger partial charge in [-0.05, 0) is 66.3 Å². The summed E-state index contributed by atoms with van der Waals surface area (Å²) >= 11 is 3.49. The van der Waals surface area contributed by atoms with E-state index in [1.54, 1.807) is 48.8 Å². The van der Waals surface area contributed by atoms with Crippen LogP contribution in [0, 0.1) is 6.92 Å². The molecule has 0 saturated carbocycles. The van der Waals surface area contributed by atoms with Gasteiger partial charge in [0, 0.05) is 84.9 Å². The molecule has 10 nitrogen and oxygen atoms in total. The standard InChI is InChI=1S/C22H21N3O3.C15H13BrN2O2/c1-14-7-17(12-25(2)22(14)27)16-8-15-3-4-19(26)10-20(15)21(9-16)28-13-18-11-23-5-6-24-18;16-11-5-10-1-2-13(19)7-14(10)15(6-11)20-9-12-8-17-3-4-18-12/h5-9,11-12H,3-4,10,13H2,1-2H3;3-6,8H,1-2,7,9H2. The van der Waals surface area contributed by atoms with E-state index in [2.05, 4.69) is 48.0 Å². The van der Waals surface area contributed by atoms with Gasteiger partial charge >= 0.3 is 0 Å². The third kappa shape index (κ3) is 7.91. The maximum atomic E-state index is 12.0. The highest BCUT2D eigenvalue weighted by atomic mass is 79.9. The van der Waals surface area contributed by atoms with Crippen LogP contribution < -0.4 is 15.0 Å². The summed E-state index contributed by atoms with van der Waals surface area (Å²) in [6, 6.07) is 9.93. The average Bonchev–Trinajstić information content (AvgIpc) is 3.09. The molecule has 0 radical (unpaired) electrons. The van der Waals surface area contributed by atoms with E-state index in [1.807, 2.05) is 31.3 Å². The number of ether oxygens (including phenoxy) is 2. The van der Waals surface area contributed by atoms with Crippen LogP contribution in [-0.4, -0.2) is 36.1 Å². The summed E-state index contributed by atoms with van der Waals surface area (Å²) in [5.74, 6) is 1.94. The average molecular weight is 709 g/mol.